The molecular formula is C10H15NO. The summed E-state index contributed by atoms with van der Waals surface area (Å²) in [7, 11) is 0. The molecule has 0 atom stereocenters. The Hall–Kier alpha value is -1.05. The van der Waals surface area contributed by atoms with Crippen molar-refractivity contribution in [2.45, 2.75) is 27.3 Å². The molecule has 0 saturated heterocycles. The van der Waals surface area contributed by atoms with Crippen LogP contribution in [0.1, 0.15) is 19.4 Å². The van der Waals surface area contributed by atoms with Gasteiger partial charge < -0.3 is 4.57 Å². The molecule has 2 nitrogen and oxygen atoms in total. The summed E-state index contributed by atoms with van der Waals surface area (Å²) in [5.74, 6) is 0.415. The van der Waals surface area contributed by atoms with Gasteiger partial charge in [0.15, 0.2) is 5.78 Å². The number of carbonyl (C=O) groups is 1. The lowest BCUT2D eigenvalue weighted by molar-refractivity contribution is -0.122. The zero-order valence-corrected chi connectivity index (χ0v) is 7.87. The van der Waals surface area contributed by atoms with Crippen molar-refractivity contribution in [1.82, 2.24) is 4.57 Å². The van der Waals surface area contributed by atoms with Crippen LogP contribution in [0, 0.1) is 12.8 Å². The molecule has 66 valence electrons. The SMILES string of the molecule is Cc1ccn(CC(=O)C(C)C)c1. The Labute approximate surface area is 73.2 Å². The van der Waals surface area contributed by atoms with E-state index in [-0.39, 0.29) is 11.7 Å². The van der Waals surface area contributed by atoms with Crippen molar-refractivity contribution in [3.63, 3.8) is 0 Å². The average molecular weight is 165 g/mol. The van der Waals surface area contributed by atoms with Gasteiger partial charge in [-0.2, -0.15) is 0 Å². The minimum Gasteiger partial charge on any atom is -0.347 e. The molecule has 12 heavy (non-hydrogen) atoms. The molecule has 1 aromatic heterocycles. The van der Waals surface area contributed by atoms with Gasteiger partial charge in [-0.1, -0.05) is 13.8 Å². The second kappa shape index (κ2) is 3.57. The quantitative estimate of drug-likeness (QED) is 0.671. The number of aryl methyl sites for hydroxylation is 1. The molecule has 0 saturated carbocycles. The van der Waals surface area contributed by atoms with Crippen LogP contribution in [0.2, 0.25) is 0 Å². The fraction of sp³-hybridized carbons (Fsp3) is 0.500. The molecule has 0 amide bonds. The van der Waals surface area contributed by atoms with Crippen LogP contribution in [0.25, 0.3) is 0 Å². The van der Waals surface area contributed by atoms with E-state index in [1.165, 1.54) is 5.56 Å². The van der Waals surface area contributed by atoms with Crippen LogP contribution in [0.15, 0.2) is 18.5 Å². The van der Waals surface area contributed by atoms with Crippen LogP contribution in [-0.2, 0) is 11.3 Å². The standard InChI is InChI=1S/C10H15NO/c1-8(2)10(12)7-11-5-4-9(3)6-11/h4-6,8H,7H2,1-3H3. The highest BCUT2D eigenvalue weighted by molar-refractivity contribution is 5.80. The maximum atomic E-state index is 11.3. The van der Waals surface area contributed by atoms with E-state index in [1.54, 1.807) is 0 Å². The summed E-state index contributed by atoms with van der Waals surface area (Å²) in [4.78, 5) is 11.3. The highest BCUT2D eigenvalue weighted by Crippen LogP contribution is 2.02. The second-order valence-electron chi connectivity index (χ2n) is 3.48. The third-order valence-electron chi connectivity index (χ3n) is 1.88. The molecule has 0 aliphatic heterocycles. The van der Waals surface area contributed by atoms with Crippen LogP contribution in [0.3, 0.4) is 0 Å². The van der Waals surface area contributed by atoms with Gasteiger partial charge in [0.2, 0.25) is 0 Å². The van der Waals surface area contributed by atoms with E-state index in [9.17, 15) is 4.79 Å². The summed E-state index contributed by atoms with van der Waals surface area (Å²) in [6.07, 6.45) is 3.93. The molecule has 0 radical (unpaired) electrons. The predicted octanol–water partition coefficient (Wildman–Crippen LogP) is 2.02. The van der Waals surface area contributed by atoms with Gasteiger partial charge in [0, 0.05) is 18.3 Å². The number of rotatable bonds is 3. The maximum Gasteiger partial charge on any atom is 0.154 e. The smallest absolute Gasteiger partial charge is 0.154 e. The van der Waals surface area contributed by atoms with Crippen LogP contribution >= 0.6 is 0 Å². The van der Waals surface area contributed by atoms with Crippen molar-refractivity contribution in [3.8, 4) is 0 Å². The number of carbonyl (C=O) groups excluding carboxylic acids is 1. The third kappa shape index (κ3) is 2.22. The lowest BCUT2D eigenvalue weighted by Crippen LogP contribution is -2.14. The van der Waals surface area contributed by atoms with Gasteiger partial charge in [-0.3, -0.25) is 4.79 Å². The van der Waals surface area contributed by atoms with Crippen LogP contribution < -0.4 is 0 Å². The molecule has 0 aromatic carbocycles. The van der Waals surface area contributed by atoms with Crippen molar-refractivity contribution in [2.24, 2.45) is 5.92 Å². The maximum absolute atomic E-state index is 11.3. The summed E-state index contributed by atoms with van der Waals surface area (Å²) >= 11 is 0. The highest BCUT2D eigenvalue weighted by atomic mass is 16.1. The van der Waals surface area contributed by atoms with Crippen LogP contribution in [0.4, 0.5) is 0 Å². The molecule has 1 heterocycles. The Morgan fingerprint density at radius 3 is 2.67 bits per heavy atom. The zero-order valence-electron chi connectivity index (χ0n) is 7.87. The lowest BCUT2D eigenvalue weighted by atomic mass is 10.1. The topological polar surface area (TPSA) is 22.0 Å². The molecule has 0 N–H and O–H groups in total. The Bertz CT molecular complexity index is 273. The first-order valence-electron chi connectivity index (χ1n) is 4.24. The molecule has 2 heteroatoms. The van der Waals surface area contributed by atoms with Crippen molar-refractivity contribution >= 4 is 5.78 Å². The molecular weight excluding hydrogens is 150 g/mol. The van der Waals surface area contributed by atoms with Gasteiger partial charge in [-0.15, -0.1) is 0 Å². The number of ketones is 1. The van der Waals surface area contributed by atoms with Crippen LogP contribution in [0.5, 0.6) is 0 Å². The van der Waals surface area contributed by atoms with Crippen molar-refractivity contribution in [3.05, 3.63) is 24.0 Å². The van der Waals surface area contributed by atoms with Gasteiger partial charge in [-0.05, 0) is 18.6 Å². The zero-order chi connectivity index (χ0) is 9.14. The van der Waals surface area contributed by atoms with E-state index in [4.69, 9.17) is 0 Å². The summed E-state index contributed by atoms with van der Waals surface area (Å²) in [6.45, 7) is 6.39. The highest BCUT2D eigenvalue weighted by Gasteiger charge is 2.06. The molecule has 0 fully saturated rings. The van der Waals surface area contributed by atoms with E-state index in [0.29, 0.717) is 6.54 Å². The number of aromatic nitrogens is 1. The summed E-state index contributed by atoms with van der Waals surface area (Å²) < 4.78 is 1.93. The fourth-order valence-electron chi connectivity index (χ4n) is 1.02. The number of hydrogen-bond acceptors (Lipinski definition) is 1. The molecule has 0 spiro atoms. The van der Waals surface area contributed by atoms with E-state index in [0.717, 1.165) is 0 Å². The third-order valence-corrected chi connectivity index (χ3v) is 1.88. The van der Waals surface area contributed by atoms with Crippen LogP contribution in [-0.4, -0.2) is 10.4 Å². The second-order valence-corrected chi connectivity index (χ2v) is 3.48. The molecule has 1 rings (SSSR count). The number of Topliss-reactive ketones (excluding diaryl/α,β-unsaturated/α-hetero) is 1. The first kappa shape index (κ1) is 9.04. The van der Waals surface area contributed by atoms with Crippen molar-refractivity contribution < 1.29 is 4.79 Å². The number of hydrogen-bond donors (Lipinski definition) is 0. The summed E-state index contributed by atoms with van der Waals surface area (Å²) in [6, 6.07) is 2.01. The van der Waals surface area contributed by atoms with Crippen molar-refractivity contribution in [2.75, 3.05) is 0 Å². The molecule has 0 bridgehead atoms. The Balaban J connectivity index is 2.58. The molecule has 0 unspecified atom stereocenters. The predicted molar refractivity (Wildman–Crippen MR) is 49.0 cm³/mol. The first-order valence-corrected chi connectivity index (χ1v) is 4.24. The van der Waals surface area contributed by atoms with E-state index in [2.05, 4.69) is 0 Å². The summed E-state index contributed by atoms with van der Waals surface area (Å²) in [5.41, 5.74) is 1.20. The van der Waals surface area contributed by atoms with E-state index >= 15 is 0 Å². The number of nitrogens with zero attached hydrogens (tertiary/aromatic N) is 1. The Morgan fingerprint density at radius 2 is 2.25 bits per heavy atom. The molecule has 0 aliphatic rings. The lowest BCUT2D eigenvalue weighted by Gasteiger charge is -2.04. The van der Waals surface area contributed by atoms with Gasteiger partial charge in [0.05, 0.1) is 6.54 Å². The summed E-state index contributed by atoms with van der Waals surface area (Å²) in [5, 5.41) is 0. The monoisotopic (exact) mass is 165 g/mol. The molecule has 1 aromatic rings. The van der Waals surface area contributed by atoms with E-state index in [1.807, 2.05) is 43.8 Å². The van der Waals surface area contributed by atoms with E-state index < -0.39 is 0 Å². The normalized spacial score (nSPS) is 10.7. The van der Waals surface area contributed by atoms with Gasteiger partial charge in [0.1, 0.15) is 0 Å². The largest absolute Gasteiger partial charge is 0.347 e. The van der Waals surface area contributed by atoms with Gasteiger partial charge >= 0.3 is 0 Å². The minimum atomic E-state index is 0.132. The first-order chi connectivity index (χ1) is 5.59. The Morgan fingerprint density at radius 1 is 1.58 bits per heavy atom. The molecule has 0 aliphatic carbocycles. The minimum absolute atomic E-state index is 0.132. The van der Waals surface area contributed by atoms with Gasteiger partial charge in [0.25, 0.3) is 0 Å². The Kier molecular flexibility index (Phi) is 2.69. The fourth-order valence-corrected chi connectivity index (χ4v) is 1.02. The van der Waals surface area contributed by atoms with Gasteiger partial charge in [-0.25, -0.2) is 0 Å². The van der Waals surface area contributed by atoms with Crippen molar-refractivity contribution in [1.29, 1.82) is 0 Å². The average Bonchev–Trinajstić information content (AvgIpc) is 2.35.